The van der Waals surface area contributed by atoms with E-state index in [4.69, 9.17) is 0 Å². The molecule has 2 aliphatic rings. The predicted molar refractivity (Wildman–Crippen MR) is 82.6 cm³/mol. The topological polar surface area (TPSA) is 33.1 Å². The van der Waals surface area contributed by atoms with Gasteiger partial charge in [0.2, 0.25) is 0 Å². The second-order valence-corrected chi connectivity index (χ2v) is 6.17. The highest BCUT2D eigenvalue weighted by Crippen LogP contribution is 2.21. The lowest BCUT2D eigenvalue weighted by atomic mass is 10.1. The number of nitrogens with one attached hydrogen (secondary N) is 1. The molecule has 0 radical (unpaired) electrons. The molecular weight excluding hydrogens is 260 g/mol. The first kappa shape index (κ1) is 13.0. The highest BCUT2D eigenvalue weighted by atomic mass is 15.2. The Hall–Kier alpha value is -1.65. The van der Waals surface area contributed by atoms with Gasteiger partial charge >= 0.3 is 0 Å². The minimum atomic E-state index is 0.764. The first-order valence-electron chi connectivity index (χ1n) is 7.91. The molecule has 1 fully saturated rings. The molecule has 1 aliphatic carbocycles. The summed E-state index contributed by atoms with van der Waals surface area (Å²) in [6.45, 7) is 5.14. The Labute approximate surface area is 125 Å². The van der Waals surface area contributed by atoms with Gasteiger partial charge in [-0.1, -0.05) is 24.3 Å². The molecule has 4 nitrogen and oxygen atoms in total. The van der Waals surface area contributed by atoms with Gasteiger partial charge < -0.3 is 9.88 Å². The van der Waals surface area contributed by atoms with Crippen LogP contribution in [0.25, 0.3) is 0 Å². The van der Waals surface area contributed by atoms with Crippen molar-refractivity contribution in [3.8, 4) is 0 Å². The second kappa shape index (κ2) is 5.62. The molecule has 0 saturated heterocycles. The van der Waals surface area contributed by atoms with E-state index in [0.717, 1.165) is 38.8 Å². The summed E-state index contributed by atoms with van der Waals surface area (Å²) in [5.74, 6) is 1.19. The summed E-state index contributed by atoms with van der Waals surface area (Å²) >= 11 is 0. The Morgan fingerprint density at radius 3 is 2.86 bits per heavy atom. The van der Waals surface area contributed by atoms with Crippen molar-refractivity contribution >= 4 is 0 Å². The molecule has 1 aliphatic heterocycles. The van der Waals surface area contributed by atoms with Gasteiger partial charge in [-0.05, 0) is 24.0 Å². The molecule has 0 amide bonds. The van der Waals surface area contributed by atoms with E-state index < -0.39 is 0 Å². The molecule has 4 heteroatoms. The van der Waals surface area contributed by atoms with Gasteiger partial charge in [0, 0.05) is 44.6 Å². The largest absolute Gasteiger partial charge is 0.333 e. The monoisotopic (exact) mass is 282 g/mol. The zero-order valence-electron chi connectivity index (χ0n) is 12.3. The highest BCUT2D eigenvalue weighted by Gasteiger charge is 2.21. The number of imidazole rings is 1. The Kier molecular flexibility index (Phi) is 3.49. The fraction of sp³-hybridized carbons (Fsp3) is 0.471. The van der Waals surface area contributed by atoms with Crippen LogP contribution < -0.4 is 5.32 Å². The Morgan fingerprint density at radius 2 is 2.00 bits per heavy atom. The maximum Gasteiger partial charge on any atom is 0.122 e. The van der Waals surface area contributed by atoms with Gasteiger partial charge in [0.25, 0.3) is 0 Å². The van der Waals surface area contributed by atoms with E-state index >= 15 is 0 Å². The smallest absolute Gasteiger partial charge is 0.122 e. The number of fused-ring (bicyclic) bond motifs is 1. The average Bonchev–Trinajstić information content (AvgIpc) is 3.22. The van der Waals surface area contributed by atoms with E-state index in [1.165, 1.54) is 29.8 Å². The van der Waals surface area contributed by atoms with Crippen LogP contribution in [-0.2, 0) is 26.2 Å². The van der Waals surface area contributed by atoms with Crippen molar-refractivity contribution in [3.63, 3.8) is 0 Å². The van der Waals surface area contributed by atoms with Crippen LogP contribution in [-0.4, -0.2) is 27.0 Å². The van der Waals surface area contributed by atoms with Crippen molar-refractivity contribution in [2.75, 3.05) is 6.54 Å². The molecule has 0 spiro atoms. The molecule has 1 N–H and O–H groups in total. The van der Waals surface area contributed by atoms with Crippen LogP contribution in [0.2, 0.25) is 0 Å². The molecule has 0 bridgehead atoms. The molecule has 2 heterocycles. The van der Waals surface area contributed by atoms with Crippen LogP contribution >= 0.6 is 0 Å². The molecule has 1 aromatic carbocycles. The van der Waals surface area contributed by atoms with Crippen LogP contribution in [0.5, 0.6) is 0 Å². The van der Waals surface area contributed by atoms with Crippen molar-refractivity contribution in [2.45, 2.75) is 45.1 Å². The minimum Gasteiger partial charge on any atom is -0.333 e. The Balaban J connectivity index is 1.44. The van der Waals surface area contributed by atoms with Crippen LogP contribution in [0.1, 0.15) is 29.8 Å². The van der Waals surface area contributed by atoms with Crippen LogP contribution in [0.3, 0.4) is 0 Å². The fourth-order valence-corrected chi connectivity index (χ4v) is 3.03. The highest BCUT2D eigenvalue weighted by molar-refractivity contribution is 5.27. The second-order valence-electron chi connectivity index (χ2n) is 6.17. The van der Waals surface area contributed by atoms with Crippen LogP contribution in [0, 0.1) is 0 Å². The van der Waals surface area contributed by atoms with Crippen molar-refractivity contribution in [1.82, 2.24) is 19.8 Å². The molecule has 0 unspecified atom stereocenters. The van der Waals surface area contributed by atoms with Crippen molar-refractivity contribution in [3.05, 3.63) is 53.6 Å². The van der Waals surface area contributed by atoms with Gasteiger partial charge in [0.05, 0.1) is 6.54 Å². The van der Waals surface area contributed by atoms with Crippen LogP contribution in [0.15, 0.2) is 36.7 Å². The minimum absolute atomic E-state index is 0.764. The summed E-state index contributed by atoms with van der Waals surface area (Å²) in [6.07, 6.45) is 6.68. The summed E-state index contributed by atoms with van der Waals surface area (Å²) in [7, 11) is 0. The third-order valence-electron chi connectivity index (χ3n) is 4.49. The molecule has 1 aromatic heterocycles. The van der Waals surface area contributed by atoms with E-state index in [1.54, 1.807) is 0 Å². The van der Waals surface area contributed by atoms with Gasteiger partial charge in [-0.15, -0.1) is 0 Å². The van der Waals surface area contributed by atoms with Gasteiger partial charge in [0.1, 0.15) is 5.82 Å². The maximum absolute atomic E-state index is 4.45. The number of hydrogen-bond acceptors (Lipinski definition) is 3. The number of hydrogen-bond donors (Lipinski definition) is 1. The summed E-state index contributed by atoms with van der Waals surface area (Å²) < 4.78 is 2.26. The van der Waals surface area contributed by atoms with E-state index in [0.29, 0.717) is 0 Å². The Morgan fingerprint density at radius 1 is 1.14 bits per heavy atom. The third-order valence-corrected chi connectivity index (χ3v) is 4.49. The molecule has 110 valence electrons. The first-order chi connectivity index (χ1) is 10.4. The molecular formula is C17H22N4. The maximum atomic E-state index is 4.45. The zero-order valence-corrected chi connectivity index (χ0v) is 12.3. The molecule has 0 atom stereocenters. The zero-order chi connectivity index (χ0) is 14.1. The standard InChI is InChI=1S/C17H22N4/c1-2-4-15(14(3-1)11-19-16-5-6-16)12-20-9-10-21-8-7-18-17(21)13-20/h1-4,7-8,16,19H,5-6,9-13H2. The molecule has 21 heavy (non-hydrogen) atoms. The summed E-state index contributed by atoms with van der Waals surface area (Å²) in [5, 5.41) is 3.63. The van der Waals surface area contributed by atoms with Gasteiger partial charge in [0.15, 0.2) is 0 Å². The van der Waals surface area contributed by atoms with Gasteiger partial charge in [-0.2, -0.15) is 0 Å². The van der Waals surface area contributed by atoms with E-state index in [1.807, 2.05) is 6.20 Å². The number of rotatable bonds is 5. The predicted octanol–water partition coefficient (Wildman–Crippen LogP) is 2.15. The quantitative estimate of drug-likeness (QED) is 0.912. The fourth-order valence-electron chi connectivity index (χ4n) is 3.03. The van der Waals surface area contributed by atoms with Gasteiger partial charge in [-0.3, -0.25) is 4.90 Å². The SMILES string of the molecule is c1ccc(CN2CCn3ccnc3C2)c(CNC2CC2)c1. The lowest BCUT2D eigenvalue weighted by molar-refractivity contribution is 0.208. The normalized spacial score (nSPS) is 18.7. The summed E-state index contributed by atoms with van der Waals surface area (Å²) in [6, 6.07) is 9.60. The molecule has 2 aromatic rings. The summed E-state index contributed by atoms with van der Waals surface area (Å²) in [5.41, 5.74) is 2.89. The average molecular weight is 282 g/mol. The van der Waals surface area contributed by atoms with E-state index in [-0.39, 0.29) is 0 Å². The lowest BCUT2D eigenvalue weighted by Gasteiger charge is -2.28. The first-order valence-corrected chi connectivity index (χ1v) is 7.91. The van der Waals surface area contributed by atoms with Crippen molar-refractivity contribution in [1.29, 1.82) is 0 Å². The third kappa shape index (κ3) is 3.01. The summed E-state index contributed by atoms with van der Waals surface area (Å²) in [4.78, 5) is 6.95. The van der Waals surface area contributed by atoms with Crippen molar-refractivity contribution in [2.24, 2.45) is 0 Å². The number of nitrogens with zero attached hydrogens (tertiary/aromatic N) is 3. The van der Waals surface area contributed by atoms with Crippen LogP contribution in [0.4, 0.5) is 0 Å². The molecule has 1 saturated carbocycles. The van der Waals surface area contributed by atoms with E-state index in [9.17, 15) is 0 Å². The number of benzene rings is 1. The Bertz CT molecular complexity index is 615. The van der Waals surface area contributed by atoms with Gasteiger partial charge in [-0.25, -0.2) is 4.98 Å². The van der Waals surface area contributed by atoms with E-state index in [2.05, 4.69) is 50.2 Å². The lowest BCUT2D eigenvalue weighted by Crippen LogP contribution is -2.33. The number of aromatic nitrogens is 2. The van der Waals surface area contributed by atoms with Crippen molar-refractivity contribution < 1.29 is 0 Å². The molecule has 4 rings (SSSR count).